The van der Waals surface area contributed by atoms with Crippen LogP contribution in [0, 0.1) is 30.1 Å². The molecule has 2 aliphatic rings. The molecule has 2 fully saturated rings. The van der Waals surface area contributed by atoms with E-state index in [1.807, 2.05) is 6.92 Å². The number of piperidine rings is 1. The first-order valence-electron chi connectivity index (χ1n) is 14.7. The van der Waals surface area contributed by atoms with Crippen LogP contribution in [0.3, 0.4) is 0 Å². The summed E-state index contributed by atoms with van der Waals surface area (Å²) in [5.41, 5.74) is 0.405. The standard InChI is InChI=1S/C30H42N5O7PS/c1-6-26-25(10-8-7-9-17-41-43(39)40)31-27(44-26)11-12-29(37)35(42-23(4)18-22(2)3)28-19-34(30(38)20-33(28)21-36)24-13-15-32(5)16-14-24/h1,11-12,21-24,28,39-40H,7,9,13-20H2,2-5H3/b12-11+. The van der Waals surface area contributed by atoms with Gasteiger partial charge >= 0.3 is 8.60 Å². The average molecular weight is 648 g/mol. The quantitative estimate of drug-likeness (QED) is 0.0827. The van der Waals surface area contributed by atoms with Gasteiger partial charge in [-0.25, -0.2) is 4.98 Å². The monoisotopic (exact) mass is 647 g/mol. The van der Waals surface area contributed by atoms with Gasteiger partial charge in [-0.1, -0.05) is 25.7 Å². The van der Waals surface area contributed by atoms with E-state index in [2.05, 4.69) is 48.5 Å². The number of unbranched alkanes of at least 4 members (excludes halogenated alkanes) is 1. The molecule has 2 atom stereocenters. The summed E-state index contributed by atoms with van der Waals surface area (Å²) >= 11 is 1.21. The molecular weight excluding hydrogens is 605 g/mol. The number of likely N-dealkylation sites (tertiary alicyclic amines) is 1. The number of thiazole rings is 1. The van der Waals surface area contributed by atoms with E-state index in [4.69, 9.17) is 25.6 Å². The minimum Gasteiger partial charge on any atom is -0.334 e. The SMILES string of the molecule is C#Cc1sc(/C=C/C(=O)N(OC(C)CC(C)C)C2CN(C3CCN(C)CC3)C(=O)CN2C=O)nc1C#CCCCOP(O)O. The van der Waals surface area contributed by atoms with Gasteiger partial charge in [-0.2, -0.15) is 5.06 Å². The molecule has 3 amide bonds. The molecule has 14 heteroatoms. The number of rotatable bonds is 13. The maximum Gasteiger partial charge on any atom is 0.327 e. The van der Waals surface area contributed by atoms with Crippen LogP contribution in [0.2, 0.25) is 0 Å². The Morgan fingerprint density at radius 1 is 1.30 bits per heavy atom. The molecule has 3 heterocycles. The summed E-state index contributed by atoms with van der Waals surface area (Å²) in [5, 5.41) is 1.69. The Morgan fingerprint density at radius 3 is 2.66 bits per heavy atom. The number of carbonyl (C=O) groups is 3. The Bertz CT molecular complexity index is 1260. The fraction of sp³-hybridized carbons (Fsp3) is 0.600. The molecule has 0 radical (unpaired) electrons. The van der Waals surface area contributed by atoms with Crippen LogP contribution in [0.1, 0.15) is 68.5 Å². The molecule has 44 heavy (non-hydrogen) atoms. The highest BCUT2D eigenvalue weighted by Crippen LogP contribution is 2.25. The van der Waals surface area contributed by atoms with Gasteiger partial charge in [0.15, 0.2) is 6.17 Å². The van der Waals surface area contributed by atoms with E-state index in [9.17, 15) is 14.4 Å². The van der Waals surface area contributed by atoms with Crippen molar-refractivity contribution in [3.05, 3.63) is 21.7 Å². The van der Waals surface area contributed by atoms with Gasteiger partial charge in [0.1, 0.15) is 22.1 Å². The second-order valence-corrected chi connectivity index (χ2v) is 13.0. The van der Waals surface area contributed by atoms with Crippen molar-refractivity contribution in [1.29, 1.82) is 0 Å². The molecule has 1 aromatic rings. The van der Waals surface area contributed by atoms with Crippen molar-refractivity contribution in [2.45, 2.75) is 71.2 Å². The third-order valence-corrected chi connectivity index (χ3v) is 8.60. The fourth-order valence-electron chi connectivity index (χ4n) is 5.14. The molecular formula is C30H42N5O7PS. The van der Waals surface area contributed by atoms with Crippen LogP contribution in [0.15, 0.2) is 6.08 Å². The smallest absolute Gasteiger partial charge is 0.327 e. The molecule has 12 nitrogen and oxygen atoms in total. The van der Waals surface area contributed by atoms with Gasteiger partial charge in [0.2, 0.25) is 12.3 Å². The summed E-state index contributed by atoms with van der Waals surface area (Å²) < 4.78 is 4.73. The van der Waals surface area contributed by atoms with Crippen molar-refractivity contribution >= 4 is 44.2 Å². The van der Waals surface area contributed by atoms with Crippen LogP contribution in [-0.4, -0.2) is 111 Å². The van der Waals surface area contributed by atoms with E-state index >= 15 is 0 Å². The summed E-state index contributed by atoms with van der Waals surface area (Å²) in [6.07, 6.45) is 11.3. The topological polar surface area (TPSA) is 136 Å². The lowest BCUT2D eigenvalue weighted by atomic mass is 10.0. The molecule has 2 saturated heterocycles. The summed E-state index contributed by atoms with van der Waals surface area (Å²) in [5.74, 6) is 8.12. The number of hydrogen-bond donors (Lipinski definition) is 2. The maximum absolute atomic E-state index is 13.7. The predicted molar refractivity (Wildman–Crippen MR) is 168 cm³/mol. The van der Waals surface area contributed by atoms with Crippen molar-refractivity contribution < 1.29 is 33.5 Å². The minimum atomic E-state index is -2.38. The van der Waals surface area contributed by atoms with Crippen molar-refractivity contribution in [2.75, 3.05) is 39.8 Å². The van der Waals surface area contributed by atoms with Crippen molar-refractivity contribution in [3.63, 3.8) is 0 Å². The second kappa shape index (κ2) is 17.6. The fourth-order valence-corrected chi connectivity index (χ4v) is 6.17. The summed E-state index contributed by atoms with van der Waals surface area (Å²) in [6.45, 7) is 7.92. The van der Waals surface area contributed by atoms with Crippen LogP contribution < -0.4 is 0 Å². The van der Waals surface area contributed by atoms with Crippen LogP contribution in [0.4, 0.5) is 0 Å². The van der Waals surface area contributed by atoms with Crippen LogP contribution in [-0.2, 0) is 23.7 Å². The molecule has 3 rings (SSSR count). The number of hydroxylamine groups is 2. The highest BCUT2D eigenvalue weighted by molar-refractivity contribution is 7.39. The van der Waals surface area contributed by atoms with Gasteiger partial charge in [0.25, 0.3) is 5.91 Å². The second-order valence-electron chi connectivity index (χ2n) is 11.2. The number of aromatic nitrogens is 1. The molecule has 0 saturated carbocycles. The van der Waals surface area contributed by atoms with Gasteiger partial charge < -0.3 is 29.0 Å². The average Bonchev–Trinajstić information content (AvgIpc) is 3.38. The zero-order chi connectivity index (χ0) is 32.2. The lowest BCUT2D eigenvalue weighted by Crippen LogP contribution is -2.65. The molecule has 0 aliphatic carbocycles. The van der Waals surface area contributed by atoms with E-state index in [0.29, 0.717) is 47.2 Å². The highest BCUT2D eigenvalue weighted by atomic mass is 32.1. The summed E-state index contributed by atoms with van der Waals surface area (Å²) in [4.78, 5) is 73.0. The zero-order valence-electron chi connectivity index (χ0n) is 25.7. The molecule has 0 aromatic carbocycles. The number of nitrogens with zero attached hydrogens (tertiary/aromatic N) is 5. The summed E-state index contributed by atoms with van der Waals surface area (Å²) in [7, 11) is -0.331. The van der Waals surface area contributed by atoms with Crippen molar-refractivity contribution in [3.8, 4) is 24.2 Å². The van der Waals surface area contributed by atoms with Gasteiger partial charge in [0, 0.05) is 18.5 Å². The van der Waals surface area contributed by atoms with E-state index in [1.165, 1.54) is 33.5 Å². The van der Waals surface area contributed by atoms with Crippen LogP contribution >= 0.6 is 19.9 Å². The number of terminal acetylenes is 1. The predicted octanol–water partition coefficient (Wildman–Crippen LogP) is 2.41. The molecule has 0 bridgehead atoms. The third-order valence-electron chi connectivity index (χ3n) is 7.23. The van der Waals surface area contributed by atoms with Gasteiger partial charge in [-0.15, -0.1) is 17.8 Å². The first-order valence-corrected chi connectivity index (χ1v) is 16.6. The highest BCUT2D eigenvalue weighted by Gasteiger charge is 2.41. The Hall–Kier alpha value is -2.87. The number of piperazine rings is 1. The van der Waals surface area contributed by atoms with Crippen molar-refractivity contribution in [1.82, 2.24) is 24.7 Å². The number of hydrogen-bond acceptors (Lipinski definition) is 10. The Morgan fingerprint density at radius 2 is 2.02 bits per heavy atom. The van der Waals surface area contributed by atoms with E-state index < -0.39 is 20.7 Å². The Balaban J connectivity index is 1.80. The lowest BCUT2D eigenvalue weighted by Gasteiger charge is -2.47. The van der Waals surface area contributed by atoms with Crippen LogP contribution in [0.25, 0.3) is 6.08 Å². The molecule has 1 aromatic heterocycles. The summed E-state index contributed by atoms with van der Waals surface area (Å²) in [6, 6.07) is 0.0299. The van der Waals surface area contributed by atoms with E-state index in [0.717, 1.165) is 25.9 Å². The molecule has 2 aliphatic heterocycles. The lowest BCUT2D eigenvalue weighted by molar-refractivity contribution is -0.241. The number of carbonyl (C=O) groups excluding carboxylic acids is 3. The van der Waals surface area contributed by atoms with E-state index in [-0.39, 0.29) is 37.7 Å². The Labute approximate surface area is 264 Å². The van der Waals surface area contributed by atoms with E-state index in [1.54, 1.807) is 4.90 Å². The van der Waals surface area contributed by atoms with Gasteiger partial charge in [-0.3, -0.25) is 19.2 Å². The molecule has 240 valence electrons. The maximum atomic E-state index is 13.7. The first kappa shape index (κ1) is 35.6. The molecule has 0 spiro atoms. The van der Waals surface area contributed by atoms with Crippen molar-refractivity contribution in [2.24, 2.45) is 5.92 Å². The normalized spacial score (nSPS) is 18.9. The van der Waals surface area contributed by atoms with Gasteiger partial charge in [0.05, 0.1) is 19.3 Å². The third kappa shape index (κ3) is 10.6. The Kier molecular flexibility index (Phi) is 14.2. The van der Waals surface area contributed by atoms with Gasteiger partial charge in [-0.05, 0) is 70.7 Å². The largest absolute Gasteiger partial charge is 0.334 e. The number of amides is 3. The van der Waals surface area contributed by atoms with Crippen LogP contribution in [0.5, 0.6) is 0 Å². The molecule has 2 unspecified atom stereocenters. The zero-order valence-corrected chi connectivity index (χ0v) is 27.4. The molecule has 2 N–H and O–H groups in total. The minimum absolute atomic E-state index is 0.0299. The first-order chi connectivity index (χ1) is 21.0.